The predicted octanol–water partition coefficient (Wildman–Crippen LogP) is 0.516. The van der Waals surface area contributed by atoms with Crippen LogP contribution in [0.3, 0.4) is 0 Å². The topological polar surface area (TPSA) is 90.2 Å². The summed E-state index contributed by atoms with van der Waals surface area (Å²) in [7, 11) is 0. The van der Waals surface area contributed by atoms with Crippen molar-refractivity contribution >= 4 is 11.9 Å². The highest BCUT2D eigenvalue weighted by molar-refractivity contribution is 5.86. The van der Waals surface area contributed by atoms with E-state index in [1.54, 1.807) is 6.92 Å². The van der Waals surface area contributed by atoms with E-state index in [1.807, 2.05) is 6.07 Å². The summed E-state index contributed by atoms with van der Waals surface area (Å²) >= 11 is 0. The van der Waals surface area contributed by atoms with Crippen molar-refractivity contribution < 1.29 is 14.7 Å². The van der Waals surface area contributed by atoms with Crippen molar-refractivity contribution in [1.82, 2.24) is 5.32 Å². The Balaban J connectivity index is 2.46. The van der Waals surface area contributed by atoms with Crippen LogP contribution in [0.5, 0.6) is 0 Å². The Bertz CT molecular complexity index is 304. The maximum absolute atomic E-state index is 11.3. The van der Waals surface area contributed by atoms with Gasteiger partial charge in [0.1, 0.15) is 6.04 Å². The third kappa shape index (κ3) is 3.58. The maximum Gasteiger partial charge on any atom is 0.326 e. The number of rotatable bonds is 5. The predicted molar refractivity (Wildman–Crippen MR) is 51.7 cm³/mol. The molecule has 1 saturated carbocycles. The van der Waals surface area contributed by atoms with Gasteiger partial charge in [0, 0.05) is 11.8 Å². The quantitative estimate of drug-likeness (QED) is 0.692. The molecule has 82 valence electrons. The fraction of sp³-hybridized carbons (Fsp3) is 0.700. The molecule has 0 unspecified atom stereocenters. The van der Waals surface area contributed by atoms with Crippen molar-refractivity contribution in [2.45, 2.75) is 32.2 Å². The van der Waals surface area contributed by atoms with Crippen LogP contribution in [0.2, 0.25) is 0 Å². The highest BCUT2D eigenvalue weighted by atomic mass is 16.4. The third-order valence-corrected chi connectivity index (χ3v) is 2.37. The lowest BCUT2D eigenvalue weighted by Crippen LogP contribution is -2.42. The molecule has 1 rings (SSSR count). The molecule has 2 N–H and O–H groups in total. The number of hydrogen-bond acceptors (Lipinski definition) is 3. The van der Waals surface area contributed by atoms with E-state index in [2.05, 4.69) is 5.32 Å². The van der Waals surface area contributed by atoms with E-state index in [-0.39, 0.29) is 24.2 Å². The normalized spacial score (nSPS) is 18.7. The summed E-state index contributed by atoms with van der Waals surface area (Å²) < 4.78 is 0. The summed E-state index contributed by atoms with van der Waals surface area (Å²) in [6, 6.07) is 1.02. The van der Waals surface area contributed by atoms with Crippen molar-refractivity contribution in [3.05, 3.63) is 0 Å². The minimum Gasteiger partial charge on any atom is -0.480 e. The Morgan fingerprint density at radius 2 is 2.20 bits per heavy atom. The number of carboxylic acid groups (broad SMARTS) is 1. The van der Waals surface area contributed by atoms with Crippen LogP contribution in [0, 0.1) is 23.2 Å². The molecule has 0 spiro atoms. The zero-order valence-electron chi connectivity index (χ0n) is 8.56. The summed E-state index contributed by atoms with van der Waals surface area (Å²) in [5.74, 6) is -1.66. The van der Waals surface area contributed by atoms with Crippen LogP contribution >= 0.6 is 0 Å². The molecule has 0 bridgehead atoms. The Labute approximate surface area is 88.1 Å². The number of hydrogen-bond donors (Lipinski definition) is 2. The monoisotopic (exact) mass is 210 g/mol. The molecule has 0 aromatic rings. The first kappa shape index (κ1) is 11.5. The minimum absolute atomic E-state index is 0.00996. The van der Waals surface area contributed by atoms with Crippen molar-refractivity contribution in [2.75, 3.05) is 0 Å². The van der Waals surface area contributed by atoms with Crippen molar-refractivity contribution in [2.24, 2.45) is 11.8 Å². The van der Waals surface area contributed by atoms with Crippen LogP contribution in [0.4, 0.5) is 0 Å². The summed E-state index contributed by atoms with van der Waals surface area (Å²) in [6.45, 7) is 1.64. The second-order valence-corrected chi connectivity index (χ2v) is 3.94. The molecule has 1 aliphatic carbocycles. The van der Waals surface area contributed by atoms with E-state index < -0.39 is 12.0 Å². The van der Waals surface area contributed by atoms with Gasteiger partial charge in [0.2, 0.25) is 5.91 Å². The van der Waals surface area contributed by atoms with Gasteiger partial charge in [0.25, 0.3) is 0 Å². The van der Waals surface area contributed by atoms with Crippen LogP contribution in [0.25, 0.3) is 0 Å². The van der Waals surface area contributed by atoms with E-state index in [0.29, 0.717) is 0 Å². The van der Waals surface area contributed by atoms with Gasteiger partial charge in [-0.2, -0.15) is 5.26 Å². The van der Waals surface area contributed by atoms with Gasteiger partial charge in [-0.15, -0.1) is 0 Å². The number of carbonyl (C=O) groups is 2. The van der Waals surface area contributed by atoms with E-state index in [4.69, 9.17) is 10.4 Å². The molecule has 1 fully saturated rings. The van der Waals surface area contributed by atoms with Crippen LogP contribution in [0.1, 0.15) is 26.2 Å². The number of carboxylic acids is 1. The average molecular weight is 210 g/mol. The molecule has 0 aromatic carbocycles. The molecule has 1 amide bonds. The molecule has 0 radical (unpaired) electrons. The second kappa shape index (κ2) is 4.78. The lowest BCUT2D eigenvalue weighted by molar-refractivity contribution is -0.142. The molecule has 0 aliphatic heterocycles. The van der Waals surface area contributed by atoms with Crippen molar-refractivity contribution in [3.63, 3.8) is 0 Å². The van der Waals surface area contributed by atoms with Gasteiger partial charge in [-0.05, 0) is 26.2 Å². The van der Waals surface area contributed by atoms with Gasteiger partial charge in [0.15, 0.2) is 0 Å². The Morgan fingerprint density at radius 1 is 1.60 bits per heavy atom. The average Bonchev–Trinajstić information content (AvgIpc) is 2.99. The largest absolute Gasteiger partial charge is 0.480 e. The van der Waals surface area contributed by atoms with Crippen molar-refractivity contribution in [3.8, 4) is 6.07 Å². The Hall–Kier alpha value is -1.57. The fourth-order valence-electron chi connectivity index (χ4n) is 1.26. The van der Waals surface area contributed by atoms with Crippen LogP contribution in [-0.4, -0.2) is 23.0 Å². The van der Waals surface area contributed by atoms with Gasteiger partial charge in [-0.25, -0.2) is 4.79 Å². The lowest BCUT2D eigenvalue weighted by Gasteiger charge is -2.14. The highest BCUT2D eigenvalue weighted by Gasteiger charge is 2.32. The third-order valence-electron chi connectivity index (χ3n) is 2.37. The zero-order chi connectivity index (χ0) is 11.4. The number of carbonyl (C=O) groups excluding carboxylic acids is 1. The summed E-state index contributed by atoms with van der Waals surface area (Å²) in [5, 5.41) is 19.9. The standard InChI is InChI=1S/C10H14N2O3/c1-6(5-11)4-8(10(14)15)12-9(13)7-2-3-7/h6-8H,2-4H2,1H3,(H,12,13)(H,14,15)/t6-,8-/m1/s1. The van der Waals surface area contributed by atoms with Gasteiger partial charge < -0.3 is 10.4 Å². The molecular formula is C10H14N2O3. The van der Waals surface area contributed by atoms with Gasteiger partial charge in [0.05, 0.1) is 6.07 Å². The molecular weight excluding hydrogens is 196 g/mol. The molecule has 0 saturated heterocycles. The van der Waals surface area contributed by atoms with E-state index in [9.17, 15) is 9.59 Å². The fourth-order valence-corrected chi connectivity index (χ4v) is 1.26. The van der Waals surface area contributed by atoms with Crippen LogP contribution < -0.4 is 5.32 Å². The molecule has 15 heavy (non-hydrogen) atoms. The first-order valence-corrected chi connectivity index (χ1v) is 4.97. The van der Waals surface area contributed by atoms with Gasteiger partial charge >= 0.3 is 5.97 Å². The van der Waals surface area contributed by atoms with Crippen LogP contribution in [-0.2, 0) is 9.59 Å². The lowest BCUT2D eigenvalue weighted by atomic mass is 10.0. The van der Waals surface area contributed by atoms with Crippen molar-refractivity contribution in [1.29, 1.82) is 5.26 Å². The van der Waals surface area contributed by atoms with Crippen LogP contribution in [0.15, 0.2) is 0 Å². The van der Waals surface area contributed by atoms with E-state index in [0.717, 1.165) is 12.8 Å². The molecule has 5 heteroatoms. The van der Waals surface area contributed by atoms with E-state index in [1.165, 1.54) is 0 Å². The second-order valence-electron chi connectivity index (χ2n) is 3.94. The SMILES string of the molecule is C[C@@H](C#N)C[C@@H](NC(=O)C1CC1)C(=O)O. The number of amides is 1. The summed E-state index contributed by atoms with van der Waals surface area (Å²) in [5.41, 5.74) is 0. The molecule has 0 aromatic heterocycles. The first-order valence-electron chi connectivity index (χ1n) is 4.97. The van der Waals surface area contributed by atoms with Gasteiger partial charge in [-0.3, -0.25) is 4.79 Å². The summed E-state index contributed by atoms with van der Waals surface area (Å²) in [4.78, 5) is 22.1. The zero-order valence-corrected chi connectivity index (χ0v) is 8.56. The number of aliphatic carboxylic acids is 1. The Kier molecular flexibility index (Phi) is 3.67. The number of nitrogens with one attached hydrogen (secondary N) is 1. The summed E-state index contributed by atoms with van der Waals surface area (Å²) in [6.07, 6.45) is 1.84. The molecule has 5 nitrogen and oxygen atoms in total. The number of nitrogens with zero attached hydrogens (tertiary/aromatic N) is 1. The Morgan fingerprint density at radius 3 is 2.60 bits per heavy atom. The minimum atomic E-state index is -1.08. The highest BCUT2D eigenvalue weighted by Crippen LogP contribution is 2.29. The smallest absolute Gasteiger partial charge is 0.326 e. The molecule has 2 atom stereocenters. The van der Waals surface area contributed by atoms with E-state index >= 15 is 0 Å². The maximum atomic E-state index is 11.3. The van der Waals surface area contributed by atoms with Gasteiger partial charge in [-0.1, -0.05) is 0 Å². The number of nitriles is 1. The first-order chi connectivity index (χ1) is 7.04. The molecule has 1 aliphatic rings. The molecule has 0 heterocycles.